The minimum atomic E-state index is -1.63. The number of hydrogen-bond donors (Lipinski definition) is 4. The van der Waals surface area contributed by atoms with Crippen molar-refractivity contribution in [1.82, 2.24) is 21.5 Å². The van der Waals surface area contributed by atoms with Gasteiger partial charge in [-0.3, -0.25) is 30.0 Å². The molecular formula is C63H67Cl13N8O4. The Balaban J connectivity index is 1.32. The maximum absolute atomic E-state index is 16.0. The average Bonchev–Trinajstić information content (AvgIpc) is 1.60. The normalized spacial score (nSPS) is 16.3. The van der Waals surface area contributed by atoms with Crippen molar-refractivity contribution in [1.29, 1.82) is 0 Å². The van der Waals surface area contributed by atoms with E-state index in [-0.39, 0.29) is 116 Å². The number of aliphatic imine (C=N–C) groups is 2. The summed E-state index contributed by atoms with van der Waals surface area (Å²) in [4.78, 5) is 69.5. The number of nitrogens with one attached hydrogen (secondary N) is 4. The van der Waals surface area contributed by atoms with Crippen LogP contribution >= 0.6 is 151 Å². The van der Waals surface area contributed by atoms with Crippen molar-refractivity contribution >= 4 is 209 Å². The molecule has 25 heteroatoms. The van der Waals surface area contributed by atoms with Crippen molar-refractivity contribution in [3.63, 3.8) is 0 Å². The van der Waals surface area contributed by atoms with Crippen LogP contribution in [0.3, 0.4) is 0 Å². The van der Waals surface area contributed by atoms with Crippen LogP contribution in [0.4, 0.5) is 22.7 Å². The SMILES string of the molecule is CCCCCCCCCCCCNC(=O)c1ccc(Cl)c(N=C2NN(c3c(Cl)c(Cl)c(Cl)c(Cl)c3Cl)C(=O)C2C(c2ccccc2Cl)C2C(=O)N(c3c(Cl)c(Cl)c(Cl)c(Cl)c3Cl)NC2=Nc2cc(C(=O)NCCCCCCCCCCCC)ccc2Cl)c1. The van der Waals surface area contributed by atoms with E-state index >= 15 is 9.59 Å². The fourth-order valence-corrected chi connectivity index (χ4v) is 13.8. The van der Waals surface area contributed by atoms with Gasteiger partial charge in [-0.2, -0.15) is 0 Å². The van der Waals surface area contributed by atoms with Crippen LogP contribution in [0.25, 0.3) is 0 Å². The number of hydrazine groups is 2. The Morgan fingerprint density at radius 1 is 0.432 bits per heavy atom. The molecule has 2 saturated heterocycles. The van der Waals surface area contributed by atoms with Crippen molar-refractivity contribution in [2.24, 2.45) is 21.8 Å². The summed E-state index contributed by atoms with van der Waals surface area (Å²) in [5, 5.41) is 5.65. The van der Waals surface area contributed by atoms with Crippen LogP contribution in [0.5, 0.6) is 0 Å². The smallest absolute Gasteiger partial charge is 0.257 e. The minimum Gasteiger partial charge on any atom is -0.352 e. The highest BCUT2D eigenvalue weighted by atomic mass is 35.5. The van der Waals surface area contributed by atoms with Crippen LogP contribution in [0.15, 0.2) is 70.6 Å². The van der Waals surface area contributed by atoms with Gasteiger partial charge in [0.1, 0.15) is 34.9 Å². The van der Waals surface area contributed by atoms with E-state index in [1.54, 1.807) is 36.4 Å². The van der Waals surface area contributed by atoms with E-state index in [9.17, 15) is 9.59 Å². The molecular weight excluding hydrogens is 1390 g/mol. The molecule has 0 saturated carbocycles. The Morgan fingerprint density at radius 3 is 1.09 bits per heavy atom. The maximum Gasteiger partial charge on any atom is 0.257 e. The molecule has 2 fully saturated rings. The Bertz CT molecular complexity index is 3150. The molecule has 2 unspecified atom stereocenters. The lowest BCUT2D eigenvalue weighted by Crippen LogP contribution is -2.38. The summed E-state index contributed by atoms with van der Waals surface area (Å²) < 4.78 is 0. The van der Waals surface area contributed by atoms with Crippen molar-refractivity contribution in [3.8, 4) is 0 Å². The molecule has 5 aromatic rings. The molecule has 2 aliphatic heterocycles. The third-order valence-corrected chi connectivity index (χ3v) is 20.8. The molecule has 2 aliphatic rings. The van der Waals surface area contributed by atoms with Gasteiger partial charge in [-0.05, 0) is 60.9 Å². The zero-order chi connectivity index (χ0) is 63.8. The average molecular weight is 1460 g/mol. The molecule has 4 N–H and O–H groups in total. The maximum atomic E-state index is 16.0. The van der Waals surface area contributed by atoms with Crippen LogP contribution < -0.4 is 31.5 Å². The number of carbonyl (C=O) groups excluding carboxylic acids is 4. The molecule has 0 aliphatic carbocycles. The predicted octanol–water partition coefficient (Wildman–Crippen LogP) is 22.4. The number of amides is 4. The zero-order valence-corrected chi connectivity index (χ0v) is 58.2. The highest BCUT2D eigenvalue weighted by molar-refractivity contribution is 6.58. The van der Waals surface area contributed by atoms with Crippen LogP contribution in [0.1, 0.15) is 174 Å². The second-order valence-electron chi connectivity index (χ2n) is 21.6. The Morgan fingerprint density at radius 2 is 0.750 bits per heavy atom. The van der Waals surface area contributed by atoms with Gasteiger partial charge in [0.05, 0.1) is 71.6 Å². The van der Waals surface area contributed by atoms with Gasteiger partial charge >= 0.3 is 0 Å². The summed E-state index contributed by atoms with van der Waals surface area (Å²) in [6.07, 6.45) is 22.7. The number of nitrogens with zero attached hydrogens (tertiary/aromatic N) is 4. The molecule has 0 radical (unpaired) electrons. The molecule has 0 aromatic heterocycles. The van der Waals surface area contributed by atoms with E-state index < -0.39 is 41.4 Å². The van der Waals surface area contributed by atoms with E-state index in [1.807, 2.05) is 0 Å². The van der Waals surface area contributed by atoms with Gasteiger partial charge in [0.25, 0.3) is 23.6 Å². The van der Waals surface area contributed by atoms with Gasteiger partial charge in [0.15, 0.2) is 0 Å². The van der Waals surface area contributed by atoms with Crippen LogP contribution in [0, 0.1) is 11.8 Å². The number of amidine groups is 2. The summed E-state index contributed by atoms with van der Waals surface area (Å²) in [5.74, 6) is -7.55. The van der Waals surface area contributed by atoms with Crippen molar-refractivity contribution in [3.05, 3.63) is 143 Å². The number of benzene rings is 5. The second kappa shape index (κ2) is 35.1. The second-order valence-corrected chi connectivity index (χ2v) is 26.6. The third-order valence-electron chi connectivity index (χ3n) is 15.3. The fourth-order valence-electron chi connectivity index (χ4n) is 10.6. The zero-order valence-electron chi connectivity index (χ0n) is 48.4. The number of unbranched alkanes of at least 4 members (excludes halogenated alkanes) is 18. The quantitative estimate of drug-likeness (QED) is 0.0197. The van der Waals surface area contributed by atoms with E-state index in [1.165, 1.54) is 101 Å². The van der Waals surface area contributed by atoms with Gasteiger partial charge in [-0.25, -0.2) is 20.0 Å². The number of anilines is 2. The topological polar surface area (TPSA) is 148 Å². The van der Waals surface area contributed by atoms with Crippen molar-refractivity contribution in [2.75, 3.05) is 23.1 Å². The van der Waals surface area contributed by atoms with Crippen LogP contribution in [0.2, 0.25) is 65.3 Å². The van der Waals surface area contributed by atoms with E-state index in [4.69, 9.17) is 161 Å². The molecule has 12 nitrogen and oxygen atoms in total. The van der Waals surface area contributed by atoms with E-state index in [0.717, 1.165) is 61.4 Å². The number of rotatable bonds is 31. The molecule has 474 valence electrons. The predicted molar refractivity (Wildman–Crippen MR) is 371 cm³/mol. The molecule has 7 rings (SSSR count). The fraction of sp³-hybridized carbons (Fsp3) is 0.429. The first-order chi connectivity index (χ1) is 42.2. The monoisotopic (exact) mass is 1450 g/mol. The molecule has 0 bridgehead atoms. The Hall–Kier alpha value is -3.31. The summed E-state index contributed by atoms with van der Waals surface area (Å²) in [6, 6.07) is 15.5. The first kappa shape index (κ1) is 72.1. The number of carbonyl (C=O) groups is 4. The molecule has 0 spiro atoms. The Labute approximate surface area is 580 Å². The lowest BCUT2D eigenvalue weighted by Gasteiger charge is -2.28. The summed E-state index contributed by atoms with van der Waals surface area (Å²) in [5.41, 5.74) is 6.30. The summed E-state index contributed by atoms with van der Waals surface area (Å²) in [7, 11) is 0. The van der Waals surface area contributed by atoms with E-state index in [2.05, 4.69) is 35.3 Å². The van der Waals surface area contributed by atoms with Crippen molar-refractivity contribution < 1.29 is 19.2 Å². The lowest BCUT2D eigenvalue weighted by molar-refractivity contribution is -0.122. The third kappa shape index (κ3) is 17.9. The Kier molecular flexibility index (Phi) is 28.8. The van der Waals surface area contributed by atoms with Gasteiger partial charge < -0.3 is 10.6 Å². The standard InChI is InChI=1S/C63H67Cl13N8O4/c1-3-5-7-9-11-13-15-17-19-23-31-77-60(85)35-27-29-39(65)41(33-35)79-58-44(62(87)83(81-58)56-52(73)48(69)46(67)49(70)53(56)74)43(37-25-21-22-26-38(37)64)45-59(82-84(63(45)88)57-54(75)50(71)47(68)51(72)55(57)76)80-42-34-36(28-30-40(42)66)61(86)78-32-24-20-18-16-14-12-10-8-6-4-2/h21-22,25-30,33-34,43-45H,3-20,23-24,31-32H2,1-2H3,(H,77,85)(H,78,86)(H,79,81)(H,80,82). The van der Waals surface area contributed by atoms with Gasteiger partial charge in [-0.15, -0.1) is 0 Å². The summed E-state index contributed by atoms with van der Waals surface area (Å²) in [6.45, 7) is 5.28. The summed E-state index contributed by atoms with van der Waals surface area (Å²) >= 11 is 88.4. The molecule has 2 atom stereocenters. The minimum absolute atomic E-state index is 0.0307. The highest BCUT2D eigenvalue weighted by Gasteiger charge is 2.55. The number of halogens is 13. The first-order valence-corrected chi connectivity index (χ1v) is 34.5. The van der Waals surface area contributed by atoms with Crippen LogP contribution in [-0.2, 0) is 9.59 Å². The highest BCUT2D eigenvalue weighted by Crippen LogP contribution is 2.53. The molecule has 5 aromatic carbocycles. The van der Waals surface area contributed by atoms with Gasteiger partial charge in [-0.1, -0.05) is 298 Å². The van der Waals surface area contributed by atoms with Crippen LogP contribution in [-0.4, -0.2) is 48.4 Å². The van der Waals surface area contributed by atoms with E-state index in [0.29, 0.717) is 13.1 Å². The molecule has 4 amide bonds. The lowest BCUT2D eigenvalue weighted by atomic mass is 9.75. The molecule has 2 heterocycles. The van der Waals surface area contributed by atoms with Crippen molar-refractivity contribution in [2.45, 2.75) is 148 Å². The largest absolute Gasteiger partial charge is 0.352 e. The number of hydrogen-bond acceptors (Lipinski definition) is 6. The first-order valence-electron chi connectivity index (χ1n) is 29.5. The van der Waals surface area contributed by atoms with Gasteiger partial charge in [0.2, 0.25) is 0 Å². The van der Waals surface area contributed by atoms with Gasteiger partial charge in [0, 0.05) is 35.2 Å². The molecule has 88 heavy (non-hydrogen) atoms.